The van der Waals surface area contributed by atoms with Crippen LogP contribution < -0.4 is 11.1 Å². The number of hydrogen-bond acceptors (Lipinski definition) is 5. The van der Waals surface area contributed by atoms with Crippen LogP contribution in [0.2, 0.25) is 0 Å². The Kier molecular flexibility index (Phi) is 4.69. The standard InChI is InChI=1S/C14H23N5O3S/c15-5-6-16-14(20)11-3-1-7-18(10-11)23(21,22)13-9-17-12-4-2-8-19(12)13/h9,11H,1-8,10,15H2,(H,16,20). The summed E-state index contributed by atoms with van der Waals surface area (Å²) in [5, 5.41) is 3.00. The minimum Gasteiger partial charge on any atom is -0.355 e. The Bertz CT molecular complexity index is 685. The summed E-state index contributed by atoms with van der Waals surface area (Å²) in [7, 11) is -3.60. The predicted molar refractivity (Wildman–Crippen MR) is 84.1 cm³/mol. The van der Waals surface area contributed by atoms with Gasteiger partial charge in [-0.05, 0) is 19.3 Å². The molecule has 0 saturated carbocycles. The van der Waals surface area contributed by atoms with Gasteiger partial charge in [-0.25, -0.2) is 13.4 Å². The highest BCUT2D eigenvalue weighted by Crippen LogP contribution is 2.26. The molecule has 2 aliphatic heterocycles. The maximum Gasteiger partial charge on any atom is 0.260 e. The Morgan fingerprint density at radius 1 is 1.39 bits per heavy atom. The highest BCUT2D eigenvalue weighted by Gasteiger charge is 2.36. The van der Waals surface area contributed by atoms with E-state index in [1.165, 1.54) is 10.5 Å². The van der Waals surface area contributed by atoms with Gasteiger partial charge in [0.15, 0.2) is 5.03 Å². The first-order valence-electron chi connectivity index (χ1n) is 8.06. The van der Waals surface area contributed by atoms with Gasteiger partial charge in [0.1, 0.15) is 5.82 Å². The summed E-state index contributed by atoms with van der Waals surface area (Å²) in [6, 6.07) is 0. The second-order valence-electron chi connectivity index (χ2n) is 6.05. The van der Waals surface area contributed by atoms with Gasteiger partial charge in [-0.15, -0.1) is 0 Å². The summed E-state index contributed by atoms with van der Waals surface area (Å²) < 4.78 is 29.0. The number of sulfonamides is 1. The highest BCUT2D eigenvalue weighted by molar-refractivity contribution is 7.89. The molecular formula is C14H23N5O3S. The van der Waals surface area contributed by atoms with Crippen LogP contribution in [0.1, 0.15) is 25.1 Å². The van der Waals surface area contributed by atoms with E-state index in [0.717, 1.165) is 18.7 Å². The molecule has 0 spiro atoms. The molecular weight excluding hydrogens is 318 g/mol. The number of rotatable bonds is 5. The third-order valence-electron chi connectivity index (χ3n) is 4.49. The number of nitrogens with two attached hydrogens (primary N) is 1. The molecule has 0 radical (unpaired) electrons. The molecule has 128 valence electrons. The molecule has 2 aliphatic rings. The van der Waals surface area contributed by atoms with Crippen LogP contribution in [-0.2, 0) is 27.8 Å². The first-order valence-corrected chi connectivity index (χ1v) is 9.50. The third kappa shape index (κ3) is 3.13. The van der Waals surface area contributed by atoms with Crippen molar-refractivity contribution in [3.63, 3.8) is 0 Å². The van der Waals surface area contributed by atoms with Gasteiger partial charge in [-0.2, -0.15) is 4.31 Å². The fourth-order valence-electron chi connectivity index (χ4n) is 3.28. The van der Waals surface area contributed by atoms with Crippen molar-refractivity contribution in [2.24, 2.45) is 11.7 Å². The zero-order valence-corrected chi connectivity index (χ0v) is 13.9. The van der Waals surface area contributed by atoms with E-state index in [4.69, 9.17) is 5.73 Å². The number of carbonyl (C=O) groups excluding carboxylic acids is 1. The van der Waals surface area contributed by atoms with Crippen molar-refractivity contribution in [2.45, 2.75) is 37.3 Å². The van der Waals surface area contributed by atoms with Crippen LogP contribution in [0.25, 0.3) is 0 Å². The summed E-state index contributed by atoms with van der Waals surface area (Å²) in [5.41, 5.74) is 5.39. The second-order valence-corrected chi connectivity index (χ2v) is 7.93. The van der Waals surface area contributed by atoms with Gasteiger partial charge in [0.05, 0.1) is 12.1 Å². The molecule has 0 aromatic carbocycles. The number of imidazole rings is 1. The predicted octanol–water partition coefficient (Wildman–Crippen LogP) is -0.695. The Morgan fingerprint density at radius 2 is 2.22 bits per heavy atom. The number of fused-ring (bicyclic) bond motifs is 1. The molecule has 1 aromatic rings. The number of piperidine rings is 1. The molecule has 1 aromatic heterocycles. The SMILES string of the molecule is NCCNC(=O)C1CCCN(S(=O)(=O)c2cnc3n2CCC3)C1. The van der Waals surface area contributed by atoms with Crippen molar-refractivity contribution >= 4 is 15.9 Å². The maximum absolute atomic E-state index is 12.9. The van der Waals surface area contributed by atoms with E-state index in [-0.39, 0.29) is 23.4 Å². The van der Waals surface area contributed by atoms with E-state index < -0.39 is 10.0 Å². The number of amides is 1. The molecule has 0 aliphatic carbocycles. The first-order chi connectivity index (χ1) is 11.0. The smallest absolute Gasteiger partial charge is 0.260 e. The van der Waals surface area contributed by atoms with Crippen LogP contribution in [0.5, 0.6) is 0 Å². The van der Waals surface area contributed by atoms with Crippen molar-refractivity contribution < 1.29 is 13.2 Å². The average Bonchev–Trinajstić information content (AvgIpc) is 3.15. The van der Waals surface area contributed by atoms with Gasteiger partial charge in [0, 0.05) is 39.1 Å². The fourth-order valence-corrected chi connectivity index (χ4v) is 4.95. The summed E-state index contributed by atoms with van der Waals surface area (Å²) in [6.07, 6.45) is 4.57. The first kappa shape index (κ1) is 16.4. The molecule has 1 unspecified atom stereocenters. The molecule has 1 saturated heterocycles. The van der Waals surface area contributed by atoms with Crippen molar-refractivity contribution in [3.8, 4) is 0 Å². The lowest BCUT2D eigenvalue weighted by atomic mass is 9.99. The fraction of sp³-hybridized carbons (Fsp3) is 0.714. The molecule has 1 fully saturated rings. The van der Waals surface area contributed by atoms with E-state index in [1.54, 1.807) is 4.57 Å². The van der Waals surface area contributed by atoms with Gasteiger partial charge in [0.2, 0.25) is 5.91 Å². The Labute approximate surface area is 136 Å². The third-order valence-corrected chi connectivity index (χ3v) is 6.35. The summed E-state index contributed by atoms with van der Waals surface area (Å²) in [6.45, 7) is 2.15. The van der Waals surface area contributed by atoms with E-state index >= 15 is 0 Å². The molecule has 1 amide bonds. The minimum absolute atomic E-state index is 0.117. The van der Waals surface area contributed by atoms with Crippen LogP contribution in [0.4, 0.5) is 0 Å². The zero-order chi connectivity index (χ0) is 16.4. The van der Waals surface area contributed by atoms with Gasteiger partial charge >= 0.3 is 0 Å². The van der Waals surface area contributed by atoms with Crippen LogP contribution in [0.15, 0.2) is 11.2 Å². The Balaban J connectivity index is 1.76. The summed E-state index contributed by atoms with van der Waals surface area (Å²) in [4.78, 5) is 16.3. The normalized spacial score (nSPS) is 22.0. The Morgan fingerprint density at radius 3 is 3.00 bits per heavy atom. The topological polar surface area (TPSA) is 110 Å². The molecule has 1 atom stereocenters. The number of nitrogens with zero attached hydrogens (tertiary/aromatic N) is 3. The second kappa shape index (κ2) is 6.58. The Hall–Kier alpha value is -1.45. The van der Waals surface area contributed by atoms with E-state index in [1.807, 2.05) is 0 Å². The molecule has 8 nitrogen and oxygen atoms in total. The van der Waals surface area contributed by atoms with E-state index in [0.29, 0.717) is 39.0 Å². The largest absolute Gasteiger partial charge is 0.355 e. The van der Waals surface area contributed by atoms with Crippen LogP contribution in [0.3, 0.4) is 0 Å². The van der Waals surface area contributed by atoms with Gasteiger partial charge in [0.25, 0.3) is 10.0 Å². The summed E-state index contributed by atoms with van der Waals surface area (Å²) in [5.74, 6) is 0.401. The molecule has 9 heteroatoms. The summed E-state index contributed by atoms with van der Waals surface area (Å²) >= 11 is 0. The lowest BCUT2D eigenvalue weighted by Crippen LogP contribution is -2.46. The monoisotopic (exact) mass is 341 g/mol. The number of carbonyl (C=O) groups is 1. The van der Waals surface area contributed by atoms with Crippen LogP contribution >= 0.6 is 0 Å². The van der Waals surface area contributed by atoms with Crippen LogP contribution in [-0.4, -0.2) is 54.4 Å². The molecule has 23 heavy (non-hydrogen) atoms. The molecule has 0 bridgehead atoms. The lowest BCUT2D eigenvalue weighted by Gasteiger charge is -2.31. The number of nitrogens with one attached hydrogen (secondary N) is 1. The van der Waals surface area contributed by atoms with E-state index in [9.17, 15) is 13.2 Å². The van der Waals surface area contributed by atoms with E-state index in [2.05, 4.69) is 10.3 Å². The highest BCUT2D eigenvalue weighted by atomic mass is 32.2. The number of aryl methyl sites for hydroxylation is 1. The maximum atomic E-state index is 12.9. The van der Waals surface area contributed by atoms with Gasteiger partial charge in [-0.1, -0.05) is 0 Å². The van der Waals surface area contributed by atoms with Crippen molar-refractivity contribution in [3.05, 3.63) is 12.0 Å². The minimum atomic E-state index is -3.60. The zero-order valence-electron chi connectivity index (χ0n) is 13.1. The quantitative estimate of drug-likeness (QED) is 0.736. The van der Waals surface area contributed by atoms with Gasteiger partial charge < -0.3 is 15.6 Å². The molecule has 3 rings (SSSR count). The van der Waals surface area contributed by atoms with Crippen LogP contribution in [0, 0.1) is 5.92 Å². The molecule has 3 N–H and O–H groups in total. The lowest BCUT2D eigenvalue weighted by molar-refractivity contribution is -0.126. The molecule has 3 heterocycles. The van der Waals surface area contributed by atoms with Gasteiger partial charge in [-0.3, -0.25) is 4.79 Å². The van der Waals surface area contributed by atoms with Crippen molar-refractivity contribution in [1.29, 1.82) is 0 Å². The number of aromatic nitrogens is 2. The average molecular weight is 341 g/mol. The van der Waals surface area contributed by atoms with Crippen molar-refractivity contribution in [1.82, 2.24) is 19.2 Å². The number of hydrogen-bond donors (Lipinski definition) is 2. The van der Waals surface area contributed by atoms with Crippen molar-refractivity contribution in [2.75, 3.05) is 26.2 Å².